The number of carbonyl (C=O) groups excluding carboxylic acids is 4. The van der Waals surface area contributed by atoms with E-state index in [1.165, 1.54) is 26.7 Å². The van der Waals surface area contributed by atoms with E-state index in [4.69, 9.17) is 9.47 Å². The highest BCUT2D eigenvalue weighted by atomic mass is 16.5. The molecule has 0 N–H and O–H groups in total. The van der Waals surface area contributed by atoms with Gasteiger partial charge in [-0.3, -0.25) is 19.2 Å². The Hall–Kier alpha value is -2.24. The maximum Gasteiger partial charge on any atom is 0.308 e. The van der Waals surface area contributed by atoms with E-state index < -0.39 is 34.3 Å². The average Bonchev–Trinajstić information content (AvgIpc) is 3.08. The number of ether oxygens (including phenoxy) is 2. The summed E-state index contributed by atoms with van der Waals surface area (Å²) in [6.45, 7) is 19.8. The van der Waals surface area contributed by atoms with Crippen molar-refractivity contribution in [2.24, 2.45) is 39.4 Å². The fourth-order valence-corrected chi connectivity index (χ4v) is 9.39. The molecule has 0 aromatic carbocycles. The van der Waals surface area contributed by atoms with Gasteiger partial charge in [-0.2, -0.15) is 0 Å². The summed E-state index contributed by atoms with van der Waals surface area (Å²) >= 11 is 0. The zero-order valence-electron chi connectivity index (χ0n) is 26.4. The first-order chi connectivity index (χ1) is 18.4. The van der Waals surface area contributed by atoms with Gasteiger partial charge in [-0.25, -0.2) is 0 Å². The third-order valence-corrected chi connectivity index (χ3v) is 11.4. The van der Waals surface area contributed by atoms with E-state index in [0.29, 0.717) is 53.7 Å². The number of esters is 2. The van der Waals surface area contributed by atoms with Gasteiger partial charge in [-0.15, -0.1) is 0 Å². The van der Waals surface area contributed by atoms with Crippen LogP contribution < -0.4 is 0 Å². The molecule has 0 aromatic rings. The minimum Gasteiger partial charge on any atom is -0.462 e. The minimum absolute atomic E-state index is 0.0438. The van der Waals surface area contributed by atoms with Crippen LogP contribution in [0, 0.1) is 39.4 Å². The summed E-state index contributed by atoms with van der Waals surface area (Å²) in [6, 6.07) is 0. The van der Waals surface area contributed by atoms with Gasteiger partial charge in [-0.05, 0) is 54.4 Å². The second kappa shape index (κ2) is 10.2. The summed E-state index contributed by atoms with van der Waals surface area (Å²) in [7, 11) is 0. The normalized spacial score (nSPS) is 35.8. The maximum atomic E-state index is 14.6. The van der Waals surface area contributed by atoms with E-state index in [1.807, 2.05) is 20.8 Å². The van der Waals surface area contributed by atoms with Gasteiger partial charge in [0.1, 0.15) is 6.10 Å². The van der Waals surface area contributed by atoms with Crippen molar-refractivity contribution in [2.75, 3.05) is 0 Å². The van der Waals surface area contributed by atoms with Crippen LogP contribution in [0.1, 0.15) is 121 Å². The molecule has 222 valence electrons. The molecule has 2 saturated carbocycles. The molecule has 0 unspecified atom stereocenters. The van der Waals surface area contributed by atoms with Gasteiger partial charge in [0.05, 0.1) is 0 Å². The number of fused-ring (bicyclic) bond motifs is 4. The lowest BCUT2D eigenvalue weighted by atomic mass is 9.45. The van der Waals surface area contributed by atoms with Crippen LogP contribution in [0.4, 0.5) is 0 Å². The summed E-state index contributed by atoms with van der Waals surface area (Å²) < 4.78 is 11.5. The van der Waals surface area contributed by atoms with E-state index >= 15 is 0 Å². The van der Waals surface area contributed by atoms with Crippen LogP contribution in [0.25, 0.3) is 0 Å². The van der Waals surface area contributed by atoms with Crippen LogP contribution in [0.3, 0.4) is 0 Å². The highest BCUT2D eigenvalue weighted by molar-refractivity contribution is 6.18. The average molecular weight is 555 g/mol. The Morgan fingerprint density at radius 3 is 2.12 bits per heavy atom. The van der Waals surface area contributed by atoms with Gasteiger partial charge in [0, 0.05) is 47.7 Å². The van der Waals surface area contributed by atoms with Crippen molar-refractivity contribution in [3.05, 3.63) is 22.5 Å². The van der Waals surface area contributed by atoms with Crippen molar-refractivity contribution in [3.63, 3.8) is 0 Å². The number of hydrogen-bond donors (Lipinski definition) is 0. The fourth-order valence-electron chi connectivity index (χ4n) is 9.39. The van der Waals surface area contributed by atoms with Crippen LogP contribution >= 0.6 is 0 Å². The van der Waals surface area contributed by atoms with Gasteiger partial charge >= 0.3 is 11.9 Å². The molecule has 40 heavy (non-hydrogen) atoms. The number of hydrogen-bond acceptors (Lipinski definition) is 6. The van der Waals surface area contributed by atoms with Crippen molar-refractivity contribution in [3.8, 4) is 0 Å². The second-order valence-electron chi connectivity index (χ2n) is 14.9. The zero-order chi connectivity index (χ0) is 30.0. The molecule has 0 bridgehead atoms. The van der Waals surface area contributed by atoms with Gasteiger partial charge in [0.15, 0.2) is 11.5 Å². The smallest absolute Gasteiger partial charge is 0.308 e. The molecule has 2 fully saturated rings. The molecular weight excluding hydrogens is 504 g/mol. The number of Topliss-reactive ketones (excluding diaryl/α,β-unsaturated/α-hetero) is 2. The Balaban J connectivity index is 1.85. The van der Waals surface area contributed by atoms with E-state index in [2.05, 4.69) is 34.6 Å². The summed E-state index contributed by atoms with van der Waals surface area (Å²) in [5, 5.41) is 0. The number of rotatable bonds is 7. The van der Waals surface area contributed by atoms with Crippen molar-refractivity contribution < 1.29 is 28.7 Å². The molecule has 6 atom stereocenters. The number of allylic oxidation sites excluding steroid dienone is 2. The van der Waals surface area contributed by atoms with E-state index in [0.717, 1.165) is 19.3 Å². The number of ketones is 2. The van der Waals surface area contributed by atoms with Gasteiger partial charge in [0.2, 0.25) is 5.78 Å². The third kappa shape index (κ3) is 4.52. The van der Waals surface area contributed by atoms with Crippen LogP contribution in [-0.2, 0) is 28.7 Å². The standard InChI is InChI=1S/C34H50O6/c1-19(2)12-11-13-20(3)23-14-17-33(9)27-26(24(37)18-34(23,33)10)32(8)16-15-25(39-21(4)35)31(6,7)30(32)29(28(27)38)40-22(5)36/h19-20,23,25H,11-18H2,1-10H3/t20-,23+,25-,32+,33-,34-/m0/s1. The molecule has 0 amide bonds. The molecule has 6 heteroatoms. The van der Waals surface area contributed by atoms with Crippen molar-refractivity contribution in [2.45, 2.75) is 127 Å². The predicted molar refractivity (Wildman–Crippen MR) is 154 cm³/mol. The monoisotopic (exact) mass is 554 g/mol. The zero-order valence-corrected chi connectivity index (χ0v) is 26.4. The molecule has 0 spiro atoms. The maximum absolute atomic E-state index is 14.6. The fraction of sp³-hybridized carbons (Fsp3) is 0.765. The summed E-state index contributed by atoms with van der Waals surface area (Å²) in [6.07, 6.45) is 6.32. The minimum atomic E-state index is -0.803. The lowest BCUT2D eigenvalue weighted by Crippen LogP contribution is -2.56. The van der Waals surface area contributed by atoms with Crippen LogP contribution in [0.2, 0.25) is 0 Å². The van der Waals surface area contributed by atoms with Gasteiger partial charge in [0.25, 0.3) is 0 Å². The molecule has 0 aromatic heterocycles. The molecule has 4 aliphatic carbocycles. The molecule has 4 aliphatic rings. The first-order valence-corrected chi connectivity index (χ1v) is 15.4. The van der Waals surface area contributed by atoms with Crippen LogP contribution in [0.5, 0.6) is 0 Å². The van der Waals surface area contributed by atoms with Crippen molar-refractivity contribution >= 4 is 23.5 Å². The molecule has 6 nitrogen and oxygen atoms in total. The summed E-state index contributed by atoms with van der Waals surface area (Å²) in [5.41, 5.74) is -0.623. The Kier molecular flexibility index (Phi) is 7.86. The largest absolute Gasteiger partial charge is 0.462 e. The lowest BCUT2D eigenvalue weighted by molar-refractivity contribution is -0.155. The topological polar surface area (TPSA) is 86.7 Å². The predicted octanol–water partition coefficient (Wildman–Crippen LogP) is 7.30. The Labute approximate surface area is 240 Å². The molecule has 0 heterocycles. The van der Waals surface area contributed by atoms with Gasteiger partial charge < -0.3 is 9.47 Å². The quantitative estimate of drug-likeness (QED) is 0.307. The molecule has 0 radical (unpaired) electrons. The van der Waals surface area contributed by atoms with E-state index in [-0.39, 0.29) is 22.7 Å². The van der Waals surface area contributed by atoms with Crippen LogP contribution in [-0.4, -0.2) is 29.6 Å². The third-order valence-electron chi connectivity index (χ3n) is 11.4. The molecule has 0 aliphatic heterocycles. The molecule has 0 saturated heterocycles. The van der Waals surface area contributed by atoms with E-state index in [9.17, 15) is 19.2 Å². The molecule has 4 rings (SSSR count). The Bertz CT molecular complexity index is 1190. The first-order valence-electron chi connectivity index (χ1n) is 15.4. The Morgan fingerprint density at radius 2 is 1.55 bits per heavy atom. The second-order valence-corrected chi connectivity index (χ2v) is 14.9. The van der Waals surface area contributed by atoms with Gasteiger partial charge in [-0.1, -0.05) is 74.7 Å². The number of carbonyl (C=O) groups is 4. The molecular formula is C34H50O6. The van der Waals surface area contributed by atoms with Crippen LogP contribution in [0.15, 0.2) is 22.5 Å². The lowest BCUT2D eigenvalue weighted by Gasteiger charge is -2.58. The SMILES string of the molecule is CC(=O)OC1=C2C(C)(C)[C@@H](OC(C)=O)CC[C@]2(C)C2=C(C1=O)[C@]1(C)CC[C@H]([C@@H](C)CCCC(C)C)[C@]1(C)CC2=O. The van der Waals surface area contributed by atoms with E-state index in [1.54, 1.807) is 0 Å². The first kappa shape index (κ1) is 30.7. The van der Waals surface area contributed by atoms with Crippen molar-refractivity contribution in [1.82, 2.24) is 0 Å². The highest BCUT2D eigenvalue weighted by Crippen LogP contribution is 2.71. The summed E-state index contributed by atoms with van der Waals surface area (Å²) in [4.78, 5) is 53.4. The highest BCUT2D eigenvalue weighted by Gasteiger charge is 2.67. The Morgan fingerprint density at radius 1 is 0.900 bits per heavy atom. The van der Waals surface area contributed by atoms with Crippen molar-refractivity contribution in [1.29, 1.82) is 0 Å². The summed E-state index contributed by atoms with van der Waals surface area (Å²) in [5.74, 6) is 0.260.